The molecule has 5 nitrogen and oxygen atoms in total. The van der Waals surface area contributed by atoms with E-state index in [0.717, 1.165) is 11.3 Å². The first kappa shape index (κ1) is 13.0. The van der Waals surface area contributed by atoms with Gasteiger partial charge < -0.3 is 9.15 Å². The van der Waals surface area contributed by atoms with Gasteiger partial charge in [-0.25, -0.2) is 9.78 Å². The van der Waals surface area contributed by atoms with Gasteiger partial charge in [-0.05, 0) is 38.1 Å². The summed E-state index contributed by atoms with van der Waals surface area (Å²) >= 11 is 0. The Morgan fingerprint density at radius 3 is 2.47 bits per heavy atom. The van der Waals surface area contributed by atoms with E-state index in [2.05, 4.69) is 9.72 Å². The highest BCUT2D eigenvalue weighted by atomic mass is 16.5. The monoisotopic (exact) mass is 259 g/mol. The van der Waals surface area contributed by atoms with Gasteiger partial charge in [0.25, 0.3) is 5.78 Å². The SMILES string of the molecule is CCOC(=O)C(=O)c1ccc(-c2nc(C)co2)cc1. The summed E-state index contributed by atoms with van der Waals surface area (Å²) in [4.78, 5) is 27.1. The number of Topliss-reactive ketones (excluding diaryl/α,β-unsaturated/α-hetero) is 1. The zero-order valence-corrected chi connectivity index (χ0v) is 10.7. The number of ketones is 1. The molecule has 0 amide bonds. The topological polar surface area (TPSA) is 69.4 Å². The molecule has 0 atom stereocenters. The van der Waals surface area contributed by atoms with Crippen molar-refractivity contribution in [3.63, 3.8) is 0 Å². The van der Waals surface area contributed by atoms with Crippen molar-refractivity contribution in [3.05, 3.63) is 41.8 Å². The molecule has 0 aliphatic heterocycles. The van der Waals surface area contributed by atoms with Crippen LogP contribution in [-0.2, 0) is 9.53 Å². The quantitative estimate of drug-likeness (QED) is 0.479. The average molecular weight is 259 g/mol. The van der Waals surface area contributed by atoms with Crippen molar-refractivity contribution < 1.29 is 18.7 Å². The molecular formula is C14H13NO4. The van der Waals surface area contributed by atoms with Crippen LogP contribution in [0.4, 0.5) is 0 Å². The third kappa shape index (κ3) is 2.88. The number of hydrogen-bond acceptors (Lipinski definition) is 5. The molecule has 19 heavy (non-hydrogen) atoms. The summed E-state index contributed by atoms with van der Waals surface area (Å²) in [5.41, 5.74) is 1.81. The molecule has 0 aliphatic rings. The number of oxazole rings is 1. The lowest BCUT2D eigenvalue weighted by atomic mass is 10.1. The van der Waals surface area contributed by atoms with E-state index in [1.54, 1.807) is 37.5 Å². The Balaban J connectivity index is 2.19. The van der Waals surface area contributed by atoms with Crippen LogP contribution in [0.25, 0.3) is 11.5 Å². The second-order valence-electron chi connectivity index (χ2n) is 3.92. The molecule has 0 fully saturated rings. The van der Waals surface area contributed by atoms with Crippen molar-refractivity contribution in [1.82, 2.24) is 4.98 Å². The van der Waals surface area contributed by atoms with Gasteiger partial charge in [-0.1, -0.05) is 0 Å². The Labute approximate surface area is 110 Å². The van der Waals surface area contributed by atoms with Gasteiger partial charge in [0.05, 0.1) is 12.3 Å². The average Bonchev–Trinajstić information content (AvgIpc) is 2.85. The fourth-order valence-electron chi connectivity index (χ4n) is 1.57. The molecule has 0 spiro atoms. The molecule has 5 heteroatoms. The van der Waals surface area contributed by atoms with E-state index in [9.17, 15) is 9.59 Å². The molecule has 1 aromatic carbocycles. The van der Waals surface area contributed by atoms with Crippen molar-refractivity contribution in [3.8, 4) is 11.5 Å². The van der Waals surface area contributed by atoms with Gasteiger partial charge in [0.2, 0.25) is 5.89 Å². The van der Waals surface area contributed by atoms with Crippen LogP contribution in [-0.4, -0.2) is 23.3 Å². The number of carbonyl (C=O) groups excluding carboxylic acids is 2. The summed E-state index contributed by atoms with van der Waals surface area (Å²) in [5.74, 6) is -1.02. The molecule has 98 valence electrons. The Hall–Kier alpha value is -2.43. The number of aryl methyl sites for hydroxylation is 1. The highest BCUT2D eigenvalue weighted by Crippen LogP contribution is 2.19. The van der Waals surface area contributed by atoms with Crippen LogP contribution in [0.1, 0.15) is 23.0 Å². The molecule has 0 bridgehead atoms. The molecule has 0 saturated heterocycles. The fraction of sp³-hybridized carbons (Fsp3) is 0.214. The Kier molecular flexibility index (Phi) is 3.75. The number of esters is 1. The van der Waals surface area contributed by atoms with Crippen LogP contribution in [0.2, 0.25) is 0 Å². The van der Waals surface area contributed by atoms with Gasteiger partial charge in [-0.3, -0.25) is 4.79 Å². The number of aromatic nitrogens is 1. The van der Waals surface area contributed by atoms with Crippen LogP contribution in [0.15, 0.2) is 34.9 Å². The largest absolute Gasteiger partial charge is 0.460 e. The summed E-state index contributed by atoms with van der Waals surface area (Å²) in [6.07, 6.45) is 1.55. The molecule has 2 rings (SSSR count). The van der Waals surface area contributed by atoms with Crippen molar-refractivity contribution in [2.24, 2.45) is 0 Å². The molecule has 2 aromatic rings. The van der Waals surface area contributed by atoms with E-state index >= 15 is 0 Å². The number of hydrogen-bond donors (Lipinski definition) is 0. The van der Waals surface area contributed by atoms with Gasteiger partial charge in [-0.15, -0.1) is 0 Å². The summed E-state index contributed by atoms with van der Waals surface area (Å²) in [5, 5.41) is 0. The molecule has 0 unspecified atom stereocenters. The smallest absolute Gasteiger partial charge is 0.379 e. The van der Waals surface area contributed by atoms with Gasteiger partial charge in [0.1, 0.15) is 6.26 Å². The lowest BCUT2D eigenvalue weighted by molar-refractivity contribution is -0.137. The standard InChI is InChI=1S/C14H13NO4/c1-3-18-14(17)12(16)10-4-6-11(7-5-10)13-15-9(2)8-19-13/h4-8H,3H2,1-2H3. The minimum Gasteiger partial charge on any atom is -0.460 e. The van der Waals surface area contributed by atoms with Crippen LogP contribution in [0, 0.1) is 6.92 Å². The highest BCUT2D eigenvalue weighted by molar-refractivity contribution is 6.40. The first-order chi connectivity index (χ1) is 9.11. The number of rotatable bonds is 4. The fourth-order valence-corrected chi connectivity index (χ4v) is 1.57. The Morgan fingerprint density at radius 2 is 1.95 bits per heavy atom. The third-order valence-corrected chi connectivity index (χ3v) is 2.47. The van der Waals surface area contributed by atoms with Crippen LogP contribution >= 0.6 is 0 Å². The minimum absolute atomic E-state index is 0.179. The van der Waals surface area contributed by atoms with Crippen molar-refractivity contribution in [2.75, 3.05) is 6.61 Å². The van der Waals surface area contributed by atoms with Crippen molar-refractivity contribution >= 4 is 11.8 Å². The Bertz CT molecular complexity index is 598. The first-order valence-electron chi connectivity index (χ1n) is 5.86. The van der Waals surface area contributed by atoms with Crippen molar-refractivity contribution in [2.45, 2.75) is 13.8 Å². The lowest BCUT2D eigenvalue weighted by Crippen LogP contribution is -2.17. The van der Waals surface area contributed by atoms with E-state index in [1.165, 1.54) is 0 Å². The zero-order valence-electron chi connectivity index (χ0n) is 10.7. The first-order valence-corrected chi connectivity index (χ1v) is 5.86. The van der Waals surface area contributed by atoms with Crippen LogP contribution in [0.5, 0.6) is 0 Å². The molecule has 0 aliphatic carbocycles. The molecule has 1 heterocycles. The zero-order chi connectivity index (χ0) is 13.8. The maximum absolute atomic E-state index is 11.7. The summed E-state index contributed by atoms with van der Waals surface area (Å²) in [6, 6.07) is 6.46. The third-order valence-electron chi connectivity index (χ3n) is 2.47. The van der Waals surface area contributed by atoms with E-state index < -0.39 is 11.8 Å². The van der Waals surface area contributed by atoms with E-state index in [1.807, 2.05) is 6.92 Å². The molecule has 0 saturated carbocycles. The summed E-state index contributed by atoms with van der Waals surface area (Å²) in [6.45, 7) is 3.66. The van der Waals surface area contributed by atoms with Gasteiger partial charge in [-0.2, -0.15) is 0 Å². The second-order valence-corrected chi connectivity index (χ2v) is 3.92. The predicted octanol–water partition coefficient (Wildman–Crippen LogP) is 2.40. The number of nitrogens with zero attached hydrogens (tertiary/aromatic N) is 1. The van der Waals surface area contributed by atoms with Crippen LogP contribution in [0.3, 0.4) is 0 Å². The van der Waals surface area contributed by atoms with Crippen molar-refractivity contribution in [1.29, 1.82) is 0 Å². The lowest BCUT2D eigenvalue weighted by Gasteiger charge is -2.01. The van der Waals surface area contributed by atoms with Gasteiger partial charge in [0, 0.05) is 11.1 Å². The predicted molar refractivity (Wildman–Crippen MR) is 67.6 cm³/mol. The molecule has 1 aromatic heterocycles. The Morgan fingerprint density at radius 1 is 1.26 bits per heavy atom. The summed E-state index contributed by atoms with van der Waals surface area (Å²) < 4.78 is 9.91. The van der Waals surface area contributed by atoms with E-state index in [4.69, 9.17) is 4.42 Å². The number of carbonyl (C=O) groups is 2. The van der Waals surface area contributed by atoms with E-state index in [-0.39, 0.29) is 12.2 Å². The second kappa shape index (κ2) is 5.48. The van der Waals surface area contributed by atoms with Crippen LogP contribution < -0.4 is 0 Å². The molecule has 0 N–H and O–H groups in total. The molecule has 0 radical (unpaired) electrons. The number of ether oxygens (including phenoxy) is 1. The molecular weight excluding hydrogens is 246 g/mol. The van der Waals surface area contributed by atoms with Gasteiger partial charge in [0.15, 0.2) is 0 Å². The maximum atomic E-state index is 11.7. The normalized spacial score (nSPS) is 10.2. The summed E-state index contributed by atoms with van der Waals surface area (Å²) in [7, 11) is 0. The number of benzene rings is 1. The van der Waals surface area contributed by atoms with E-state index in [0.29, 0.717) is 5.89 Å². The highest BCUT2D eigenvalue weighted by Gasteiger charge is 2.17. The van der Waals surface area contributed by atoms with Gasteiger partial charge >= 0.3 is 5.97 Å². The minimum atomic E-state index is -0.845. The maximum Gasteiger partial charge on any atom is 0.379 e.